The molecule has 0 radical (unpaired) electrons. The maximum absolute atomic E-state index is 10.9. The largest absolute Gasteiger partial charge is 0.481 e. The molecule has 0 spiro atoms. The highest BCUT2D eigenvalue weighted by molar-refractivity contribution is 6.05. The fourth-order valence-corrected chi connectivity index (χ4v) is 0.610. The van der Waals surface area contributed by atoms with Gasteiger partial charge in [0, 0.05) is 0 Å². The molecule has 0 aliphatic carbocycles. The number of hydrogen-bond acceptors (Lipinski definition) is 4. The molecule has 5 heteroatoms. The first-order valence-electron chi connectivity index (χ1n) is 3.31. The van der Waals surface area contributed by atoms with E-state index in [-0.39, 0.29) is 0 Å². The molecule has 12 heavy (non-hydrogen) atoms. The van der Waals surface area contributed by atoms with Gasteiger partial charge >= 0.3 is 11.9 Å². The number of carboxylic acid groups (broad SMARTS) is 1. The first kappa shape index (κ1) is 10.6. The second-order valence-corrected chi connectivity index (χ2v) is 2.28. The smallest absolute Gasteiger partial charge is 0.315 e. The van der Waals surface area contributed by atoms with E-state index in [9.17, 15) is 14.4 Å². The Labute approximate surface area is 69.3 Å². The van der Waals surface area contributed by atoms with Gasteiger partial charge in [0.2, 0.25) is 0 Å². The van der Waals surface area contributed by atoms with Gasteiger partial charge in [-0.15, -0.1) is 0 Å². The number of carbonyl (C=O) groups is 3. The van der Waals surface area contributed by atoms with Gasteiger partial charge in [0.1, 0.15) is 12.3 Å². The minimum atomic E-state index is -1.24. The maximum Gasteiger partial charge on any atom is 0.315 e. The van der Waals surface area contributed by atoms with Crippen molar-refractivity contribution in [3.05, 3.63) is 0 Å². The van der Waals surface area contributed by atoms with Gasteiger partial charge in [0.05, 0.1) is 7.11 Å². The van der Waals surface area contributed by atoms with Crippen LogP contribution >= 0.6 is 0 Å². The zero-order valence-corrected chi connectivity index (χ0v) is 6.86. The lowest BCUT2D eigenvalue weighted by atomic mass is 10.0. The average molecular weight is 174 g/mol. The Bertz CT molecular complexity index is 208. The summed E-state index contributed by atoms with van der Waals surface area (Å²) in [7, 11) is 1.15. The Morgan fingerprint density at radius 1 is 1.42 bits per heavy atom. The third kappa shape index (κ3) is 3.14. The first-order valence-corrected chi connectivity index (χ1v) is 3.31. The van der Waals surface area contributed by atoms with Crippen LogP contribution in [0, 0.1) is 5.92 Å². The van der Waals surface area contributed by atoms with Crippen LogP contribution in [0.2, 0.25) is 0 Å². The minimum Gasteiger partial charge on any atom is -0.481 e. The minimum absolute atomic E-state index is 0.643. The fourth-order valence-electron chi connectivity index (χ4n) is 0.610. The monoisotopic (exact) mass is 174 g/mol. The number of carboxylic acids is 1. The number of ketones is 1. The predicted octanol–water partition coefficient (Wildman–Crippen LogP) is -0.161. The van der Waals surface area contributed by atoms with E-state index >= 15 is 0 Å². The highest BCUT2D eigenvalue weighted by Gasteiger charge is 2.23. The van der Waals surface area contributed by atoms with Crippen molar-refractivity contribution in [3.63, 3.8) is 0 Å². The van der Waals surface area contributed by atoms with E-state index in [1.165, 1.54) is 6.92 Å². The van der Waals surface area contributed by atoms with Crippen molar-refractivity contribution in [2.75, 3.05) is 7.11 Å². The quantitative estimate of drug-likeness (QED) is 0.473. The Morgan fingerprint density at radius 2 is 1.92 bits per heavy atom. The zero-order chi connectivity index (χ0) is 9.72. The Kier molecular flexibility index (Phi) is 3.96. The molecule has 0 aromatic carbocycles. The lowest BCUT2D eigenvalue weighted by Crippen LogP contribution is -2.24. The molecule has 0 rings (SSSR count). The predicted molar refractivity (Wildman–Crippen MR) is 38.4 cm³/mol. The summed E-state index contributed by atoms with van der Waals surface area (Å²) >= 11 is 0. The average Bonchev–Trinajstić information content (AvgIpc) is 2.00. The standard InChI is InChI=1S/C7H10O5/c1-4(7(11)12-2)5(8)3-6(9)10/h4H,3H2,1-2H3,(H,9,10). The van der Waals surface area contributed by atoms with Gasteiger partial charge in [-0.25, -0.2) is 0 Å². The number of aliphatic carboxylic acids is 1. The number of rotatable bonds is 4. The zero-order valence-electron chi connectivity index (χ0n) is 6.86. The van der Waals surface area contributed by atoms with Gasteiger partial charge in [-0.1, -0.05) is 0 Å². The van der Waals surface area contributed by atoms with Crippen LogP contribution in [0.5, 0.6) is 0 Å². The number of carbonyl (C=O) groups excluding carboxylic acids is 2. The number of hydrogen-bond donors (Lipinski definition) is 1. The van der Waals surface area contributed by atoms with Crippen molar-refractivity contribution in [3.8, 4) is 0 Å². The van der Waals surface area contributed by atoms with Gasteiger partial charge in [-0.2, -0.15) is 0 Å². The van der Waals surface area contributed by atoms with E-state index < -0.39 is 30.1 Å². The molecule has 0 saturated carbocycles. The van der Waals surface area contributed by atoms with Crippen LogP contribution in [0.3, 0.4) is 0 Å². The molecule has 0 fully saturated rings. The summed E-state index contributed by atoms with van der Waals surface area (Å²) in [4.78, 5) is 31.6. The molecular weight excluding hydrogens is 164 g/mol. The Balaban J connectivity index is 4.10. The van der Waals surface area contributed by atoms with E-state index in [4.69, 9.17) is 5.11 Å². The Morgan fingerprint density at radius 3 is 2.25 bits per heavy atom. The van der Waals surface area contributed by atoms with Crippen LogP contribution in [0.15, 0.2) is 0 Å². The molecule has 0 saturated heterocycles. The summed E-state index contributed by atoms with van der Waals surface area (Å²) in [5, 5.41) is 8.21. The summed E-state index contributed by atoms with van der Waals surface area (Å²) in [5.74, 6) is -3.59. The van der Waals surface area contributed by atoms with Crippen LogP contribution in [0.1, 0.15) is 13.3 Å². The summed E-state index contributed by atoms with van der Waals surface area (Å²) in [6, 6.07) is 0. The van der Waals surface area contributed by atoms with Crippen LogP contribution in [-0.4, -0.2) is 29.9 Å². The molecule has 0 amide bonds. The lowest BCUT2D eigenvalue weighted by Gasteiger charge is -2.05. The van der Waals surface area contributed by atoms with Crippen molar-refractivity contribution in [2.45, 2.75) is 13.3 Å². The van der Waals surface area contributed by atoms with Crippen LogP contribution < -0.4 is 0 Å². The van der Waals surface area contributed by atoms with E-state index in [1.807, 2.05) is 0 Å². The molecule has 0 bridgehead atoms. The highest BCUT2D eigenvalue weighted by atomic mass is 16.5. The van der Waals surface area contributed by atoms with Crippen LogP contribution in [0.4, 0.5) is 0 Å². The van der Waals surface area contributed by atoms with E-state index in [1.54, 1.807) is 0 Å². The van der Waals surface area contributed by atoms with E-state index in [0.717, 1.165) is 7.11 Å². The molecule has 68 valence electrons. The number of esters is 1. The van der Waals surface area contributed by atoms with E-state index in [0.29, 0.717) is 0 Å². The molecule has 5 nitrogen and oxygen atoms in total. The van der Waals surface area contributed by atoms with Crippen molar-refractivity contribution in [2.24, 2.45) is 5.92 Å². The summed E-state index contributed by atoms with van der Waals surface area (Å²) < 4.78 is 4.26. The molecule has 0 aromatic heterocycles. The summed E-state index contributed by atoms with van der Waals surface area (Å²) in [6.45, 7) is 1.32. The van der Waals surface area contributed by atoms with Crippen molar-refractivity contribution in [1.82, 2.24) is 0 Å². The fraction of sp³-hybridized carbons (Fsp3) is 0.571. The molecular formula is C7H10O5. The van der Waals surface area contributed by atoms with Crippen LogP contribution in [-0.2, 0) is 19.1 Å². The Hall–Kier alpha value is -1.39. The van der Waals surface area contributed by atoms with E-state index in [2.05, 4.69) is 4.74 Å². The summed E-state index contributed by atoms with van der Waals surface area (Å²) in [5.41, 5.74) is 0. The number of Topliss-reactive ketones (excluding diaryl/α,β-unsaturated/α-hetero) is 1. The van der Waals surface area contributed by atoms with Crippen molar-refractivity contribution in [1.29, 1.82) is 0 Å². The highest BCUT2D eigenvalue weighted by Crippen LogP contribution is 2.02. The van der Waals surface area contributed by atoms with Crippen molar-refractivity contribution >= 4 is 17.7 Å². The molecule has 1 atom stereocenters. The normalized spacial score (nSPS) is 11.8. The number of methoxy groups -OCH3 is 1. The van der Waals surface area contributed by atoms with Crippen LogP contribution in [0.25, 0.3) is 0 Å². The molecule has 1 N–H and O–H groups in total. The topological polar surface area (TPSA) is 80.7 Å². The van der Waals surface area contributed by atoms with Gasteiger partial charge in [-0.3, -0.25) is 14.4 Å². The molecule has 0 heterocycles. The maximum atomic E-state index is 10.9. The van der Waals surface area contributed by atoms with Crippen molar-refractivity contribution < 1.29 is 24.2 Å². The lowest BCUT2D eigenvalue weighted by molar-refractivity contribution is -0.150. The van der Waals surface area contributed by atoms with Gasteiger partial charge in [0.25, 0.3) is 0 Å². The molecule has 1 unspecified atom stereocenters. The van der Waals surface area contributed by atoms with Gasteiger partial charge in [0.15, 0.2) is 5.78 Å². The molecule has 0 aliphatic rings. The third-order valence-electron chi connectivity index (χ3n) is 1.36. The number of ether oxygens (including phenoxy) is 1. The van der Waals surface area contributed by atoms with Gasteiger partial charge in [-0.05, 0) is 6.92 Å². The SMILES string of the molecule is COC(=O)C(C)C(=O)CC(=O)O. The third-order valence-corrected chi connectivity index (χ3v) is 1.36. The second-order valence-electron chi connectivity index (χ2n) is 2.28. The van der Waals surface area contributed by atoms with Gasteiger partial charge < -0.3 is 9.84 Å². The molecule has 0 aromatic rings. The first-order chi connectivity index (χ1) is 5.49. The molecule has 0 aliphatic heterocycles. The summed E-state index contributed by atoms with van der Waals surface area (Å²) in [6.07, 6.45) is -0.643. The second kappa shape index (κ2) is 4.48.